The van der Waals surface area contributed by atoms with Gasteiger partial charge in [0.25, 0.3) is 0 Å². The summed E-state index contributed by atoms with van der Waals surface area (Å²) >= 11 is 0. The second-order valence-electron chi connectivity index (χ2n) is 14.8. The summed E-state index contributed by atoms with van der Waals surface area (Å²) in [6.07, 6.45) is 2.02. The van der Waals surface area contributed by atoms with E-state index in [1.165, 1.54) is 97.1 Å². The Morgan fingerprint density at radius 1 is 0.357 bits per heavy atom. The highest BCUT2D eigenvalue weighted by molar-refractivity contribution is 6.11. The van der Waals surface area contributed by atoms with E-state index in [1.807, 2.05) is 60.7 Å². The van der Waals surface area contributed by atoms with Gasteiger partial charge in [0, 0.05) is 23.3 Å². The third kappa shape index (κ3) is 11.2. The average Bonchev–Trinajstić information content (AvgIpc) is 3.39. The van der Waals surface area contributed by atoms with E-state index < -0.39 is 35.8 Å². The van der Waals surface area contributed by atoms with Gasteiger partial charge in [-0.15, -0.1) is 0 Å². The predicted molar refractivity (Wildman–Crippen MR) is 256 cm³/mol. The van der Waals surface area contributed by atoms with E-state index in [1.54, 1.807) is 12.1 Å². The summed E-state index contributed by atoms with van der Waals surface area (Å²) in [5.74, 6) is -2.60. The molecule has 0 saturated heterocycles. The molecule has 0 saturated carbocycles. The molecule has 0 bridgehead atoms. The molecule has 0 spiro atoms. The third-order valence-corrected chi connectivity index (χ3v) is 10.4. The molecule has 0 N–H and O–H groups in total. The Hall–Kier alpha value is -9.82. The van der Waals surface area contributed by atoms with Crippen molar-refractivity contribution in [3.05, 3.63) is 217 Å². The zero-order valence-corrected chi connectivity index (χ0v) is 36.9. The number of fused-ring (bicyclic) bond motifs is 2. The van der Waals surface area contributed by atoms with Gasteiger partial charge in [0.1, 0.15) is 34.5 Å². The number of rotatable bonds is 17. The van der Waals surface area contributed by atoms with Crippen molar-refractivity contribution < 1.29 is 66.7 Å². The van der Waals surface area contributed by atoms with Gasteiger partial charge in [0.15, 0.2) is 0 Å². The van der Waals surface area contributed by atoms with Crippen molar-refractivity contribution in [3.63, 3.8) is 0 Å². The molecule has 0 atom stereocenters. The second-order valence-corrected chi connectivity index (χ2v) is 14.8. The maximum absolute atomic E-state index is 13.9. The Morgan fingerprint density at radius 3 is 1.01 bits per heavy atom. The first-order chi connectivity index (χ1) is 34.1. The van der Waals surface area contributed by atoms with Crippen LogP contribution < -0.4 is 28.4 Å². The van der Waals surface area contributed by atoms with Crippen molar-refractivity contribution >= 4 is 57.4 Å². The molecule has 0 fully saturated rings. The second kappa shape index (κ2) is 21.7. The van der Waals surface area contributed by atoms with Crippen molar-refractivity contribution in [2.45, 2.75) is 0 Å². The molecule has 14 heteroatoms. The SMILES string of the molecule is C=CC(=O)OCOc1ccc(C(=O)Oc2ccc(C(=O)Oc3ccc4ccccc4c3-c3c(OC(=O)c4ccc(OC(=O)c5ccc(OCOC(=O)C=C)cc5)cc4)ccc4ccccc34)cc2)cc1. The lowest BCUT2D eigenvalue weighted by Crippen LogP contribution is -2.12. The summed E-state index contributed by atoms with van der Waals surface area (Å²) in [5, 5.41) is 3.07. The quantitative estimate of drug-likeness (QED) is 0.0365. The molecule has 8 rings (SSSR count). The van der Waals surface area contributed by atoms with Crippen molar-refractivity contribution in [2.24, 2.45) is 0 Å². The lowest BCUT2D eigenvalue weighted by molar-refractivity contribution is -0.145. The molecule has 0 amide bonds. The monoisotopic (exact) mass is 934 g/mol. The zero-order valence-electron chi connectivity index (χ0n) is 36.9. The van der Waals surface area contributed by atoms with Crippen LogP contribution in [-0.4, -0.2) is 49.4 Å². The Kier molecular flexibility index (Phi) is 14.4. The molecule has 0 unspecified atom stereocenters. The zero-order chi connectivity index (χ0) is 49.0. The topological polar surface area (TPSA) is 176 Å². The minimum absolute atomic E-state index is 0.157. The number of carbonyl (C=O) groups excluding carboxylic acids is 6. The van der Waals surface area contributed by atoms with Gasteiger partial charge in [-0.1, -0.05) is 73.8 Å². The third-order valence-electron chi connectivity index (χ3n) is 10.4. The van der Waals surface area contributed by atoms with Crippen molar-refractivity contribution in [1.82, 2.24) is 0 Å². The molecular formula is C56H38O14. The summed E-state index contributed by atoms with van der Waals surface area (Å²) in [7, 11) is 0. The Balaban J connectivity index is 0.989. The molecule has 8 aromatic rings. The lowest BCUT2D eigenvalue weighted by atomic mass is 9.92. The molecular weight excluding hydrogens is 897 g/mol. The Morgan fingerprint density at radius 2 is 0.671 bits per heavy atom. The largest absolute Gasteiger partial charge is 0.457 e. The van der Waals surface area contributed by atoms with E-state index in [4.69, 9.17) is 37.9 Å². The van der Waals surface area contributed by atoms with Crippen molar-refractivity contribution in [3.8, 4) is 45.6 Å². The van der Waals surface area contributed by atoms with Crippen LogP contribution in [0.1, 0.15) is 41.4 Å². The van der Waals surface area contributed by atoms with E-state index in [-0.39, 0.29) is 58.8 Å². The van der Waals surface area contributed by atoms with E-state index >= 15 is 0 Å². The van der Waals surface area contributed by atoms with Crippen LogP contribution in [0, 0.1) is 0 Å². The lowest BCUT2D eigenvalue weighted by Gasteiger charge is -2.19. The summed E-state index contributed by atoms with van der Waals surface area (Å²) in [6.45, 7) is 5.97. The van der Waals surface area contributed by atoms with Crippen LogP contribution in [-0.2, 0) is 19.1 Å². The molecule has 70 heavy (non-hydrogen) atoms. The summed E-state index contributed by atoms with van der Waals surface area (Å²) < 4.78 is 43.6. The standard InChI is InChI=1S/C56H38O14/c1-3-49(57)65-33-63-41-23-13-37(14-24-41)53(59)67-43-27-17-39(18-28-43)55(61)69-47-31-21-35-9-5-7-11-45(35)51(47)52-46-12-8-6-10-36(46)22-32-48(52)70-56(62)40-19-29-44(30-20-40)68-54(60)38-15-25-42(26-16-38)64-34-66-50(58)4-2/h3-32H,1-2,33-34H2. The van der Waals surface area contributed by atoms with Crippen LogP contribution in [0.5, 0.6) is 34.5 Å². The predicted octanol–water partition coefficient (Wildman–Crippen LogP) is 10.7. The normalized spacial score (nSPS) is 10.6. The van der Waals surface area contributed by atoms with Gasteiger partial charge in [-0.2, -0.15) is 0 Å². The van der Waals surface area contributed by atoms with Gasteiger partial charge in [-0.3, -0.25) is 0 Å². The van der Waals surface area contributed by atoms with Gasteiger partial charge in [0.05, 0.1) is 22.3 Å². The fraction of sp³-hybridized carbons (Fsp3) is 0.0357. The summed E-state index contributed by atoms with van der Waals surface area (Å²) in [6, 6.07) is 45.8. The number of hydrogen-bond donors (Lipinski definition) is 0. The fourth-order valence-corrected chi connectivity index (χ4v) is 6.96. The smallest absolute Gasteiger partial charge is 0.343 e. The van der Waals surface area contributed by atoms with Gasteiger partial charge in [-0.05, 0) is 131 Å². The molecule has 0 aliphatic carbocycles. The van der Waals surface area contributed by atoms with E-state index in [0.717, 1.165) is 22.9 Å². The number of ether oxygens (including phenoxy) is 8. The van der Waals surface area contributed by atoms with Gasteiger partial charge in [-0.25, -0.2) is 28.8 Å². The molecule has 0 radical (unpaired) electrons. The van der Waals surface area contributed by atoms with E-state index in [9.17, 15) is 28.8 Å². The molecule has 0 aliphatic heterocycles. The van der Waals surface area contributed by atoms with Gasteiger partial charge >= 0.3 is 35.8 Å². The first-order valence-electron chi connectivity index (χ1n) is 21.2. The minimum atomic E-state index is -0.710. The van der Waals surface area contributed by atoms with Gasteiger partial charge in [0.2, 0.25) is 13.6 Å². The van der Waals surface area contributed by atoms with Crippen LogP contribution in [0.15, 0.2) is 195 Å². The number of esters is 6. The highest BCUT2D eigenvalue weighted by Gasteiger charge is 2.23. The molecule has 8 aromatic carbocycles. The molecule has 14 nitrogen and oxygen atoms in total. The molecule has 0 aromatic heterocycles. The first-order valence-corrected chi connectivity index (χ1v) is 21.2. The van der Waals surface area contributed by atoms with E-state index in [0.29, 0.717) is 33.4 Å². The summed E-state index contributed by atoms with van der Waals surface area (Å²) in [4.78, 5) is 76.1. The van der Waals surface area contributed by atoms with Gasteiger partial charge < -0.3 is 37.9 Å². The number of carbonyl (C=O) groups is 6. The number of hydrogen-bond acceptors (Lipinski definition) is 14. The maximum Gasteiger partial charge on any atom is 0.343 e. The molecule has 0 heterocycles. The average molecular weight is 935 g/mol. The fourth-order valence-electron chi connectivity index (χ4n) is 6.96. The Bertz CT molecular complexity index is 3060. The summed E-state index contributed by atoms with van der Waals surface area (Å²) in [5.41, 5.74) is 1.73. The van der Waals surface area contributed by atoms with Crippen LogP contribution >= 0.6 is 0 Å². The van der Waals surface area contributed by atoms with Crippen LogP contribution in [0.2, 0.25) is 0 Å². The van der Waals surface area contributed by atoms with Crippen LogP contribution in [0.4, 0.5) is 0 Å². The highest BCUT2D eigenvalue weighted by Crippen LogP contribution is 2.46. The number of benzene rings is 8. The van der Waals surface area contributed by atoms with Crippen molar-refractivity contribution in [2.75, 3.05) is 13.6 Å². The maximum atomic E-state index is 13.9. The first kappa shape index (κ1) is 46.7. The molecule has 0 aliphatic rings. The minimum Gasteiger partial charge on any atom is -0.457 e. The van der Waals surface area contributed by atoms with Crippen LogP contribution in [0.25, 0.3) is 32.7 Å². The van der Waals surface area contributed by atoms with E-state index in [2.05, 4.69) is 13.2 Å². The molecule has 346 valence electrons. The Labute approximate surface area is 399 Å². The van der Waals surface area contributed by atoms with Crippen molar-refractivity contribution in [1.29, 1.82) is 0 Å². The highest BCUT2D eigenvalue weighted by atomic mass is 16.7. The van der Waals surface area contributed by atoms with Crippen LogP contribution in [0.3, 0.4) is 0 Å².